The maximum Gasteiger partial charge on any atom is 0.326 e. The van der Waals surface area contributed by atoms with Crippen LogP contribution in [0.4, 0.5) is 8.78 Å². The lowest BCUT2D eigenvalue weighted by Crippen LogP contribution is -2.49. The molecule has 2 aliphatic rings. The molecule has 1 N–H and O–H groups in total. The second kappa shape index (κ2) is 6.20. The van der Waals surface area contributed by atoms with Gasteiger partial charge in [-0.3, -0.25) is 4.79 Å². The molecule has 26 heavy (non-hydrogen) atoms. The van der Waals surface area contributed by atoms with Crippen molar-refractivity contribution in [1.29, 1.82) is 0 Å². The number of nitrogens with zero attached hydrogens (tertiary/aromatic N) is 1. The van der Waals surface area contributed by atoms with Gasteiger partial charge in [-0.15, -0.1) is 0 Å². The Labute approximate surface area is 149 Å². The highest BCUT2D eigenvalue weighted by molar-refractivity contribution is 5.88. The fourth-order valence-corrected chi connectivity index (χ4v) is 3.81. The van der Waals surface area contributed by atoms with E-state index < -0.39 is 35.5 Å². The molecule has 2 aromatic rings. The van der Waals surface area contributed by atoms with Crippen molar-refractivity contribution in [3.8, 4) is 0 Å². The van der Waals surface area contributed by atoms with Crippen molar-refractivity contribution in [1.82, 2.24) is 4.90 Å². The normalized spacial score (nSPS) is 24.1. The molecule has 134 valence electrons. The van der Waals surface area contributed by atoms with Crippen molar-refractivity contribution in [2.24, 2.45) is 5.92 Å². The van der Waals surface area contributed by atoms with E-state index in [1.165, 1.54) is 17.0 Å². The first-order chi connectivity index (χ1) is 12.5. The van der Waals surface area contributed by atoms with Gasteiger partial charge in [-0.05, 0) is 35.1 Å². The number of rotatable bonds is 3. The Hall–Kier alpha value is -2.76. The first kappa shape index (κ1) is 16.7. The van der Waals surface area contributed by atoms with Gasteiger partial charge in [-0.1, -0.05) is 36.4 Å². The van der Waals surface area contributed by atoms with E-state index in [1.54, 1.807) is 0 Å². The van der Waals surface area contributed by atoms with Gasteiger partial charge in [-0.2, -0.15) is 0 Å². The zero-order valence-electron chi connectivity index (χ0n) is 13.9. The van der Waals surface area contributed by atoms with E-state index in [0.717, 1.165) is 17.2 Å². The standard InChI is InChI=1S/C20H17F2NO3/c21-16-7-3-6-13(18(16)22)14-9-15(14)19(24)23-10-12-5-2-1-4-11(12)8-17(23)20(25)26/h1-7,14-15,17H,8-10H2,(H,25,26). The van der Waals surface area contributed by atoms with E-state index >= 15 is 0 Å². The third kappa shape index (κ3) is 2.75. The Balaban J connectivity index is 1.58. The topological polar surface area (TPSA) is 57.6 Å². The van der Waals surface area contributed by atoms with Crippen molar-refractivity contribution in [2.75, 3.05) is 0 Å². The minimum absolute atomic E-state index is 0.188. The summed E-state index contributed by atoms with van der Waals surface area (Å²) in [5.74, 6) is -4.12. The van der Waals surface area contributed by atoms with E-state index in [4.69, 9.17) is 0 Å². The molecule has 1 heterocycles. The number of halogens is 2. The first-order valence-electron chi connectivity index (χ1n) is 8.51. The van der Waals surface area contributed by atoms with Gasteiger partial charge in [0.1, 0.15) is 6.04 Å². The number of carbonyl (C=O) groups is 2. The second-order valence-corrected chi connectivity index (χ2v) is 6.88. The van der Waals surface area contributed by atoms with Crippen LogP contribution in [0.1, 0.15) is 29.0 Å². The molecule has 0 radical (unpaired) electrons. The predicted molar refractivity (Wildman–Crippen MR) is 89.3 cm³/mol. The average Bonchev–Trinajstić information content (AvgIpc) is 3.42. The SMILES string of the molecule is O=C(O)C1Cc2ccccc2CN1C(=O)C1CC1c1cccc(F)c1F. The number of carboxylic acids is 1. The summed E-state index contributed by atoms with van der Waals surface area (Å²) < 4.78 is 27.4. The maximum absolute atomic E-state index is 14.0. The highest BCUT2D eigenvalue weighted by atomic mass is 19.2. The molecule has 0 spiro atoms. The minimum atomic E-state index is -1.05. The van der Waals surface area contributed by atoms with E-state index in [2.05, 4.69) is 0 Å². The Morgan fingerprint density at radius 3 is 2.50 bits per heavy atom. The van der Waals surface area contributed by atoms with Gasteiger partial charge in [0.25, 0.3) is 0 Å². The summed E-state index contributed by atoms with van der Waals surface area (Å²) in [6.07, 6.45) is 0.659. The number of benzene rings is 2. The molecule has 0 aromatic heterocycles. The van der Waals surface area contributed by atoms with Gasteiger partial charge < -0.3 is 10.0 Å². The van der Waals surface area contributed by atoms with Crippen LogP contribution in [-0.4, -0.2) is 27.9 Å². The summed E-state index contributed by atoms with van der Waals surface area (Å²) in [5, 5.41) is 9.55. The minimum Gasteiger partial charge on any atom is -0.480 e. The number of carboxylic acid groups (broad SMARTS) is 1. The Morgan fingerprint density at radius 1 is 1.04 bits per heavy atom. The molecule has 1 aliphatic heterocycles. The van der Waals surface area contributed by atoms with Crippen LogP contribution in [0.25, 0.3) is 0 Å². The largest absolute Gasteiger partial charge is 0.480 e. The molecular weight excluding hydrogens is 340 g/mol. The molecule has 3 unspecified atom stereocenters. The van der Waals surface area contributed by atoms with Gasteiger partial charge in [-0.25, -0.2) is 13.6 Å². The lowest BCUT2D eigenvalue weighted by Gasteiger charge is -2.34. The number of hydrogen-bond acceptors (Lipinski definition) is 2. The van der Waals surface area contributed by atoms with Crippen LogP contribution in [0.5, 0.6) is 0 Å². The average molecular weight is 357 g/mol. The first-order valence-corrected chi connectivity index (χ1v) is 8.51. The Kier molecular flexibility index (Phi) is 3.98. The summed E-state index contributed by atoms with van der Waals surface area (Å²) in [7, 11) is 0. The molecule has 2 aromatic carbocycles. The lowest BCUT2D eigenvalue weighted by atomic mass is 9.93. The summed E-state index contributed by atoms with van der Waals surface area (Å²) in [4.78, 5) is 25.9. The zero-order chi connectivity index (χ0) is 18.4. The molecule has 1 amide bonds. The maximum atomic E-state index is 14.0. The molecule has 1 aliphatic carbocycles. The molecule has 6 heteroatoms. The Bertz CT molecular complexity index is 898. The van der Waals surface area contributed by atoms with E-state index in [9.17, 15) is 23.5 Å². The molecule has 4 rings (SSSR count). The number of hydrogen-bond donors (Lipinski definition) is 1. The van der Waals surface area contributed by atoms with Crippen molar-refractivity contribution in [3.05, 3.63) is 70.8 Å². The highest BCUT2D eigenvalue weighted by Gasteiger charge is 2.49. The highest BCUT2D eigenvalue weighted by Crippen LogP contribution is 2.50. The predicted octanol–water partition coefficient (Wildman–Crippen LogP) is 3.11. The van der Waals surface area contributed by atoms with Crippen LogP contribution in [0.2, 0.25) is 0 Å². The van der Waals surface area contributed by atoms with Crippen LogP contribution in [0.15, 0.2) is 42.5 Å². The van der Waals surface area contributed by atoms with Crippen LogP contribution in [0, 0.1) is 17.6 Å². The lowest BCUT2D eigenvalue weighted by molar-refractivity contribution is -0.152. The smallest absolute Gasteiger partial charge is 0.326 e. The van der Waals surface area contributed by atoms with Crippen molar-refractivity contribution < 1.29 is 23.5 Å². The fraction of sp³-hybridized carbons (Fsp3) is 0.300. The molecule has 4 nitrogen and oxygen atoms in total. The van der Waals surface area contributed by atoms with Crippen molar-refractivity contribution in [3.63, 3.8) is 0 Å². The van der Waals surface area contributed by atoms with Crippen LogP contribution in [-0.2, 0) is 22.6 Å². The number of fused-ring (bicyclic) bond motifs is 1. The molecular formula is C20H17F2NO3. The summed E-state index contributed by atoms with van der Waals surface area (Å²) >= 11 is 0. The van der Waals surface area contributed by atoms with Gasteiger partial charge in [0.2, 0.25) is 5.91 Å². The van der Waals surface area contributed by atoms with Gasteiger partial charge in [0, 0.05) is 18.9 Å². The van der Waals surface area contributed by atoms with Crippen LogP contribution in [0.3, 0.4) is 0 Å². The van der Waals surface area contributed by atoms with Crippen molar-refractivity contribution in [2.45, 2.75) is 31.3 Å². The van der Waals surface area contributed by atoms with Gasteiger partial charge >= 0.3 is 5.97 Å². The summed E-state index contributed by atoms with van der Waals surface area (Å²) in [6, 6.07) is 10.5. The molecule has 1 saturated carbocycles. The molecule has 0 saturated heterocycles. The van der Waals surface area contributed by atoms with E-state index in [-0.39, 0.29) is 24.4 Å². The van der Waals surface area contributed by atoms with E-state index in [1.807, 2.05) is 24.3 Å². The fourth-order valence-electron chi connectivity index (χ4n) is 3.81. The molecule has 1 fully saturated rings. The number of aliphatic carboxylic acids is 1. The molecule has 0 bridgehead atoms. The number of amides is 1. The van der Waals surface area contributed by atoms with Gasteiger partial charge in [0.15, 0.2) is 11.6 Å². The monoisotopic (exact) mass is 357 g/mol. The van der Waals surface area contributed by atoms with Gasteiger partial charge in [0.05, 0.1) is 0 Å². The van der Waals surface area contributed by atoms with Crippen molar-refractivity contribution >= 4 is 11.9 Å². The third-order valence-corrected chi connectivity index (χ3v) is 5.31. The van der Waals surface area contributed by atoms with Crippen LogP contribution >= 0.6 is 0 Å². The van der Waals surface area contributed by atoms with Crippen LogP contribution < -0.4 is 0 Å². The van der Waals surface area contributed by atoms with E-state index in [0.29, 0.717) is 6.42 Å². The molecule has 3 atom stereocenters. The summed E-state index contributed by atoms with van der Waals surface area (Å²) in [5.41, 5.74) is 2.03. The Morgan fingerprint density at radius 2 is 1.77 bits per heavy atom. The third-order valence-electron chi connectivity index (χ3n) is 5.31. The zero-order valence-corrected chi connectivity index (χ0v) is 13.9. The second-order valence-electron chi connectivity index (χ2n) is 6.88. The quantitative estimate of drug-likeness (QED) is 0.918. The summed E-state index contributed by atoms with van der Waals surface area (Å²) in [6.45, 7) is 0.223. The number of carbonyl (C=O) groups excluding carboxylic acids is 1.